The lowest BCUT2D eigenvalue weighted by Gasteiger charge is -2.31. The van der Waals surface area contributed by atoms with Gasteiger partial charge in [0.25, 0.3) is 0 Å². The fourth-order valence-electron chi connectivity index (χ4n) is 2.19. The van der Waals surface area contributed by atoms with E-state index >= 15 is 0 Å². The van der Waals surface area contributed by atoms with Crippen LogP contribution in [0.3, 0.4) is 0 Å². The van der Waals surface area contributed by atoms with Crippen molar-refractivity contribution in [1.29, 1.82) is 0 Å². The quantitative estimate of drug-likeness (QED) is 0.770. The summed E-state index contributed by atoms with van der Waals surface area (Å²) >= 11 is 6.53. The molecule has 0 aromatic carbocycles. The van der Waals surface area contributed by atoms with Crippen molar-refractivity contribution < 1.29 is 13.2 Å². The standard InChI is InChI=1S/C9H10ClF3N2S/c10-8-14-7(16-15-8)5-3-1-2-4-6(5)9(11,12)13/h5-6H,1-4H2. The lowest BCUT2D eigenvalue weighted by molar-refractivity contribution is -0.187. The molecule has 1 heterocycles. The highest BCUT2D eigenvalue weighted by molar-refractivity contribution is 7.05. The Morgan fingerprint density at radius 1 is 1.25 bits per heavy atom. The predicted molar refractivity (Wildman–Crippen MR) is 55.7 cm³/mol. The van der Waals surface area contributed by atoms with Crippen LogP contribution in [0, 0.1) is 5.92 Å². The van der Waals surface area contributed by atoms with Crippen molar-refractivity contribution >= 4 is 23.1 Å². The van der Waals surface area contributed by atoms with Crippen LogP contribution >= 0.6 is 23.1 Å². The van der Waals surface area contributed by atoms with Gasteiger partial charge in [0, 0.05) is 5.92 Å². The number of rotatable bonds is 1. The molecule has 0 radical (unpaired) electrons. The van der Waals surface area contributed by atoms with Gasteiger partial charge in [-0.15, -0.1) is 0 Å². The van der Waals surface area contributed by atoms with Crippen LogP contribution in [-0.2, 0) is 0 Å². The average Bonchev–Trinajstić information content (AvgIpc) is 2.64. The smallest absolute Gasteiger partial charge is 0.209 e. The van der Waals surface area contributed by atoms with Crippen molar-refractivity contribution in [1.82, 2.24) is 9.36 Å². The Balaban J connectivity index is 2.23. The minimum atomic E-state index is -4.15. The molecular formula is C9H10ClF3N2S. The van der Waals surface area contributed by atoms with E-state index in [2.05, 4.69) is 9.36 Å². The van der Waals surface area contributed by atoms with Gasteiger partial charge in [0.05, 0.1) is 5.92 Å². The summed E-state index contributed by atoms with van der Waals surface area (Å²) in [5, 5.41) is 0.471. The molecule has 2 rings (SSSR count). The zero-order chi connectivity index (χ0) is 11.8. The lowest BCUT2D eigenvalue weighted by Crippen LogP contribution is -2.31. The van der Waals surface area contributed by atoms with E-state index in [0.717, 1.165) is 18.0 Å². The molecule has 1 aromatic rings. The molecule has 0 aliphatic heterocycles. The molecule has 2 nitrogen and oxygen atoms in total. The van der Waals surface area contributed by atoms with Gasteiger partial charge in [0.15, 0.2) is 0 Å². The first-order valence-corrected chi connectivity index (χ1v) is 6.19. The summed E-state index contributed by atoms with van der Waals surface area (Å²) < 4.78 is 42.2. The summed E-state index contributed by atoms with van der Waals surface area (Å²) in [6, 6.07) is 0. The highest BCUT2D eigenvalue weighted by Gasteiger charge is 2.46. The van der Waals surface area contributed by atoms with E-state index in [0.29, 0.717) is 17.8 Å². The number of halogens is 4. The maximum absolute atomic E-state index is 12.8. The van der Waals surface area contributed by atoms with Crippen LogP contribution in [0.25, 0.3) is 0 Å². The molecule has 0 bridgehead atoms. The van der Waals surface area contributed by atoms with Gasteiger partial charge in [-0.3, -0.25) is 0 Å². The van der Waals surface area contributed by atoms with Crippen LogP contribution in [-0.4, -0.2) is 15.5 Å². The number of hydrogen-bond donors (Lipinski definition) is 0. The SMILES string of the molecule is FC(F)(F)C1CCCCC1c1nc(Cl)ns1. The maximum Gasteiger partial charge on any atom is 0.392 e. The van der Waals surface area contributed by atoms with Crippen LogP contribution in [0.15, 0.2) is 0 Å². The number of nitrogens with zero attached hydrogens (tertiary/aromatic N) is 2. The van der Waals surface area contributed by atoms with E-state index in [1.54, 1.807) is 0 Å². The summed E-state index contributed by atoms with van der Waals surface area (Å²) in [5.74, 6) is -1.84. The van der Waals surface area contributed by atoms with Gasteiger partial charge in [-0.05, 0) is 36.0 Å². The van der Waals surface area contributed by atoms with E-state index in [-0.39, 0.29) is 11.7 Å². The fourth-order valence-corrected chi connectivity index (χ4v) is 3.18. The van der Waals surface area contributed by atoms with Gasteiger partial charge in [0.1, 0.15) is 5.01 Å². The Morgan fingerprint density at radius 2 is 1.94 bits per heavy atom. The molecule has 1 aliphatic carbocycles. The van der Waals surface area contributed by atoms with Crippen LogP contribution < -0.4 is 0 Å². The van der Waals surface area contributed by atoms with Gasteiger partial charge >= 0.3 is 6.18 Å². The Kier molecular flexibility index (Phi) is 3.39. The zero-order valence-electron chi connectivity index (χ0n) is 8.30. The van der Waals surface area contributed by atoms with E-state index in [4.69, 9.17) is 11.6 Å². The monoisotopic (exact) mass is 270 g/mol. The second-order valence-electron chi connectivity index (χ2n) is 3.94. The Morgan fingerprint density at radius 3 is 2.50 bits per heavy atom. The third kappa shape index (κ3) is 2.48. The molecule has 0 N–H and O–H groups in total. The third-order valence-corrected chi connectivity index (χ3v) is 4.04. The van der Waals surface area contributed by atoms with E-state index < -0.39 is 18.0 Å². The number of aromatic nitrogens is 2. The molecular weight excluding hydrogens is 261 g/mol. The Bertz CT molecular complexity index is 366. The van der Waals surface area contributed by atoms with Crippen LogP contribution in [0.5, 0.6) is 0 Å². The maximum atomic E-state index is 12.8. The molecule has 16 heavy (non-hydrogen) atoms. The second kappa shape index (κ2) is 4.49. The van der Waals surface area contributed by atoms with Gasteiger partial charge < -0.3 is 0 Å². The summed E-state index contributed by atoms with van der Waals surface area (Å²) in [7, 11) is 0. The third-order valence-electron chi connectivity index (χ3n) is 2.92. The molecule has 1 fully saturated rings. The van der Waals surface area contributed by atoms with Gasteiger partial charge in [0.2, 0.25) is 5.28 Å². The molecule has 7 heteroatoms. The van der Waals surface area contributed by atoms with Crippen LogP contribution in [0.1, 0.15) is 36.6 Å². The molecule has 0 saturated heterocycles. The molecule has 1 saturated carbocycles. The van der Waals surface area contributed by atoms with Crippen molar-refractivity contribution in [2.24, 2.45) is 5.92 Å². The second-order valence-corrected chi connectivity index (χ2v) is 5.06. The first-order valence-electron chi connectivity index (χ1n) is 5.04. The number of alkyl halides is 3. The summed E-state index contributed by atoms with van der Waals surface area (Å²) in [5.41, 5.74) is 0. The van der Waals surface area contributed by atoms with Crippen LogP contribution in [0.2, 0.25) is 5.28 Å². The van der Waals surface area contributed by atoms with E-state index in [9.17, 15) is 13.2 Å². The number of hydrogen-bond acceptors (Lipinski definition) is 3. The summed E-state index contributed by atoms with van der Waals surface area (Å²) in [4.78, 5) is 3.87. The van der Waals surface area contributed by atoms with Gasteiger partial charge in [-0.2, -0.15) is 17.5 Å². The first kappa shape index (κ1) is 12.1. The van der Waals surface area contributed by atoms with Crippen molar-refractivity contribution in [3.8, 4) is 0 Å². The predicted octanol–water partition coefficient (Wildman–Crippen LogP) is 4.03. The zero-order valence-corrected chi connectivity index (χ0v) is 9.87. The van der Waals surface area contributed by atoms with Gasteiger partial charge in [-0.1, -0.05) is 12.8 Å². The molecule has 1 aromatic heterocycles. The molecule has 2 atom stereocenters. The van der Waals surface area contributed by atoms with Crippen LogP contribution in [0.4, 0.5) is 13.2 Å². The minimum absolute atomic E-state index is 0.0477. The molecule has 0 amide bonds. The highest BCUT2D eigenvalue weighted by Crippen LogP contribution is 2.46. The summed E-state index contributed by atoms with van der Waals surface area (Å²) in [6.07, 6.45) is -1.99. The molecule has 0 spiro atoms. The molecule has 2 unspecified atom stereocenters. The van der Waals surface area contributed by atoms with Gasteiger partial charge in [-0.25, -0.2) is 4.98 Å². The molecule has 1 aliphatic rings. The van der Waals surface area contributed by atoms with E-state index in [1.165, 1.54) is 0 Å². The van der Waals surface area contributed by atoms with Crippen molar-refractivity contribution in [2.45, 2.75) is 37.8 Å². The Hall–Kier alpha value is -0.360. The fraction of sp³-hybridized carbons (Fsp3) is 0.778. The lowest BCUT2D eigenvalue weighted by atomic mass is 9.79. The molecule has 90 valence electrons. The summed E-state index contributed by atoms with van der Waals surface area (Å²) in [6.45, 7) is 0. The van der Waals surface area contributed by atoms with Crippen molar-refractivity contribution in [3.05, 3.63) is 10.3 Å². The van der Waals surface area contributed by atoms with Crippen molar-refractivity contribution in [2.75, 3.05) is 0 Å². The largest absolute Gasteiger partial charge is 0.392 e. The highest BCUT2D eigenvalue weighted by atomic mass is 35.5. The van der Waals surface area contributed by atoms with E-state index in [1.807, 2.05) is 0 Å². The topological polar surface area (TPSA) is 25.8 Å². The Labute approximate surface area is 100 Å². The minimum Gasteiger partial charge on any atom is -0.209 e. The van der Waals surface area contributed by atoms with Crippen molar-refractivity contribution in [3.63, 3.8) is 0 Å². The first-order chi connectivity index (χ1) is 7.48. The average molecular weight is 271 g/mol. The normalized spacial score (nSPS) is 27.0.